The van der Waals surface area contributed by atoms with E-state index in [4.69, 9.17) is 11.6 Å². The molecule has 0 aliphatic heterocycles. The van der Waals surface area contributed by atoms with Gasteiger partial charge in [0.15, 0.2) is 0 Å². The largest absolute Gasteiger partial charge is 1.00 e. The zero-order chi connectivity index (χ0) is 11.5. The summed E-state index contributed by atoms with van der Waals surface area (Å²) in [6.07, 6.45) is -3.67. The van der Waals surface area contributed by atoms with Crippen LogP contribution >= 0.6 is 11.6 Å². The number of hydrogen-bond donors (Lipinski definition) is 2. The number of pyridine rings is 1. The number of nitrogens with zero attached hydrogens (tertiary/aromatic N) is 1. The highest BCUT2D eigenvalue weighted by Crippen LogP contribution is 2.32. The summed E-state index contributed by atoms with van der Waals surface area (Å²) >= 11 is 5.63. The summed E-state index contributed by atoms with van der Waals surface area (Å²) in [5.74, 6) is 0.244. The molecule has 1 aromatic rings. The number of halogens is 5. The summed E-state index contributed by atoms with van der Waals surface area (Å²) in [5.41, 5.74) is 2.72. The maximum atomic E-state index is 12.2. The molecule has 0 aliphatic rings. The van der Waals surface area contributed by atoms with E-state index in [1.54, 1.807) is 0 Å². The molecule has 0 aliphatic carbocycles. The minimum Gasteiger partial charge on any atom is -1.00 e. The summed E-state index contributed by atoms with van der Waals surface area (Å²) in [4.78, 5) is 3.59. The molecule has 0 aromatic carbocycles. The first-order valence-electron chi connectivity index (χ1n) is 4.21. The third-order valence-electron chi connectivity index (χ3n) is 1.64. The Kier molecular flexibility index (Phi) is 5.85. The number of aromatic nitrogens is 1. The molecule has 0 saturated carbocycles. The molecule has 0 fully saturated rings. The van der Waals surface area contributed by atoms with Gasteiger partial charge in [0.2, 0.25) is 0 Å². The fourth-order valence-corrected chi connectivity index (χ4v) is 1.16. The number of alkyl halides is 3. The zero-order valence-corrected chi connectivity index (χ0v) is 9.62. The van der Waals surface area contributed by atoms with Crippen molar-refractivity contribution in [3.63, 3.8) is 0 Å². The average molecular weight is 276 g/mol. The normalized spacial score (nSPS) is 10.8. The quantitative estimate of drug-likeness (QED) is 0.699. The van der Waals surface area contributed by atoms with Crippen LogP contribution in [0.15, 0.2) is 12.3 Å². The monoisotopic (exact) mass is 275 g/mol. The average Bonchev–Trinajstić information content (AvgIpc) is 2.14. The molecule has 1 heterocycles. The summed E-state index contributed by atoms with van der Waals surface area (Å²) in [6.45, 7) is 1.11. The fourth-order valence-electron chi connectivity index (χ4n) is 0.930. The second-order valence-corrected chi connectivity index (χ2v) is 3.24. The van der Waals surface area contributed by atoms with E-state index in [9.17, 15) is 13.2 Å². The van der Waals surface area contributed by atoms with Crippen LogP contribution in [0.3, 0.4) is 0 Å². The molecule has 0 amide bonds. The lowest BCUT2D eigenvalue weighted by Gasteiger charge is -2.09. The third kappa shape index (κ3) is 4.03. The van der Waals surface area contributed by atoms with Crippen LogP contribution in [0.2, 0.25) is 5.02 Å². The third-order valence-corrected chi connectivity index (χ3v) is 1.93. The van der Waals surface area contributed by atoms with Crippen LogP contribution in [0, 0.1) is 0 Å². The number of nitrogens with one attached hydrogen (secondary N) is 1. The minimum atomic E-state index is -4.42. The van der Waals surface area contributed by atoms with Gasteiger partial charge in [0.1, 0.15) is 5.82 Å². The molecule has 1 rings (SSSR count). The molecule has 4 N–H and O–H groups in total. The second-order valence-electron chi connectivity index (χ2n) is 2.83. The summed E-state index contributed by atoms with van der Waals surface area (Å²) in [6, 6.07) is 0.847. The van der Waals surface area contributed by atoms with Gasteiger partial charge in [0.25, 0.3) is 0 Å². The van der Waals surface area contributed by atoms with Gasteiger partial charge in [-0.2, -0.15) is 13.2 Å². The van der Waals surface area contributed by atoms with Gasteiger partial charge in [-0.05, 0) is 6.07 Å². The van der Waals surface area contributed by atoms with E-state index < -0.39 is 11.7 Å². The van der Waals surface area contributed by atoms with Crippen molar-refractivity contribution in [1.29, 1.82) is 0 Å². The lowest BCUT2D eigenvalue weighted by Crippen LogP contribution is -3.00. The Morgan fingerprint density at radius 2 is 2.06 bits per heavy atom. The molecule has 0 bridgehead atoms. The van der Waals surface area contributed by atoms with E-state index in [1.807, 2.05) is 0 Å². The highest BCUT2D eigenvalue weighted by molar-refractivity contribution is 6.32. The predicted molar refractivity (Wildman–Crippen MR) is 50.5 cm³/mol. The highest BCUT2D eigenvalue weighted by atomic mass is 35.5. The van der Waals surface area contributed by atoms with Gasteiger partial charge in [-0.25, -0.2) is 4.98 Å². The zero-order valence-electron chi connectivity index (χ0n) is 8.11. The summed E-state index contributed by atoms with van der Waals surface area (Å²) < 4.78 is 36.7. The van der Waals surface area contributed by atoms with E-state index in [0.717, 1.165) is 12.3 Å². The van der Waals surface area contributed by atoms with Gasteiger partial charge in [-0.15, -0.1) is 0 Å². The van der Waals surface area contributed by atoms with Crippen LogP contribution in [0.5, 0.6) is 0 Å². The van der Waals surface area contributed by atoms with Gasteiger partial charge < -0.3 is 23.5 Å². The molecule has 0 atom stereocenters. The first-order valence-corrected chi connectivity index (χ1v) is 4.59. The van der Waals surface area contributed by atoms with Gasteiger partial charge in [-0.3, -0.25) is 0 Å². The van der Waals surface area contributed by atoms with Crippen molar-refractivity contribution < 1.29 is 31.3 Å². The first kappa shape index (κ1) is 15.3. The van der Waals surface area contributed by atoms with Crippen LogP contribution in [0.25, 0.3) is 0 Å². The number of hydrogen-bond acceptors (Lipinski definition) is 2. The van der Waals surface area contributed by atoms with E-state index in [0.29, 0.717) is 13.1 Å². The Balaban J connectivity index is 0.00000225. The Bertz CT molecular complexity index is 344. The highest BCUT2D eigenvalue weighted by Gasteiger charge is 2.31. The Hall–Kier alpha value is -0.720. The standard InChI is InChI=1S/C8H9ClF3N3.ClH/c9-6-3-5(8(10,11)12)4-15-7(6)14-2-1-13;/h3-4H,1-2,13H2,(H,14,15);1H. The SMILES string of the molecule is [Cl-].[NH3+]CCNc1ncc(C(F)(F)F)cc1Cl. The van der Waals surface area contributed by atoms with Crippen molar-refractivity contribution in [2.45, 2.75) is 6.18 Å². The fraction of sp³-hybridized carbons (Fsp3) is 0.375. The molecule has 0 radical (unpaired) electrons. The summed E-state index contributed by atoms with van der Waals surface area (Å²) in [7, 11) is 0. The lowest BCUT2D eigenvalue weighted by atomic mass is 10.3. The molecule has 3 nitrogen and oxygen atoms in total. The number of anilines is 1. The topological polar surface area (TPSA) is 52.6 Å². The molecule has 0 saturated heterocycles. The van der Waals surface area contributed by atoms with Crippen molar-refractivity contribution in [2.75, 3.05) is 18.4 Å². The van der Waals surface area contributed by atoms with Crippen molar-refractivity contribution in [2.24, 2.45) is 0 Å². The van der Waals surface area contributed by atoms with Crippen LogP contribution < -0.4 is 23.5 Å². The van der Waals surface area contributed by atoms with E-state index in [1.165, 1.54) is 0 Å². The predicted octanol–water partition coefficient (Wildman–Crippen LogP) is -1.59. The summed E-state index contributed by atoms with van der Waals surface area (Å²) in [5, 5.41) is 2.73. The lowest BCUT2D eigenvalue weighted by molar-refractivity contribution is -0.362. The number of quaternary nitrogens is 1. The van der Waals surface area contributed by atoms with Crippen LogP contribution in [-0.4, -0.2) is 18.1 Å². The van der Waals surface area contributed by atoms with Gasteiger partial charge >= 0.3 is 6.18 Å². The van der Waals surface area contributed by atoms with Crippen molar-refractivity contribution >= 4 is 17.4 Å². The van der Waals surface area contributed by atoms with E-state index in [-0.39, 0.29) is 23.2 Å². The van der Waals surface area contributed by atoms with E-state index >= 15 is 0 Å². The minimum absolute atomic E-state index is 0. The van der Waals surface area contributed by atoms with Crippen molar-refractivity contribution in [3.8, 4) is 0 Å². The van der Waals surface area contributed by atoms with Crippen molar-refractivity contribution in [1.82, 2.24) is 4.98 Å². The Morgan fingerprint density at radius 1 is 1.44 bits per heavy atom. The molecule has 16 heavy (non-hydrogen) atoms. The smallest absolute Gasteiger partial charge is 0.417 e. The molecule has 0 unspecified atom stereocenters. The molecule has 92 valence electrons. The van der Waals surface area contributed by atoms with Crippen LogP contribution in [-0.2, 0) is 6.18 Å². The van der Waals surface area contributed by atoms with Gasteiger partial charge in [0, 0.05) is 6.20 Å². The van der Waals surface area contributed by atoms with Crippen LogP contribution in [0.1, 0.15) is 5.56 Å². The molecule has 1 aromatic heterocycles. The van der Waals surface area contributed by atoms with Crippen molar-refractivity contribution in [3.05, 3.63) is 22.8 Å². The second kappa shape index (κ2) is 6.12. The maximum Gasteiger partial charge on any atom is 0.417 e. The van der Waals surface area contributed by atoms with Crippen LogP contribution in [0.4, 0.5) is 19.0 Å². The molecule has 0 spiro atoms. The van der Waals surface area contributed by atoms with E-state index in [2.05, 4.69) is 16.0 Å². The Morgan fingerprint density at radius 3 is 2.50 bits per heavy atom. The van der Waals surface area contributed by atoms with Gasteiger partial charge in [-0.1, -0.05) is 11.6 Å². The molecule has 8 heteroatoms. The Labute approximate surface area is 102 Å². The molecular weight excluding hydrogens is 266 g/mol. The van der Waals surface area contributed by atoms with Gasteiger partial charge in [0.05, 0.1) is 23.7 Å². The molecular formula is C8H10Cl2F3N3. The number of rotatable bonds is 3. The first-order chi connectivity index (χ1) is 6.95. The maximum absolute atomic E-state index is 12.2.